The number of carbonyl (C=O) groups excluding carboxylic acids is 2. The summed E-state index contributed by atoms with van der Waals surface area (Å²) in [6.45, 7) is 4.29. The molecule has 0 aromatic carbocycles. The number of hydrogen-bond acceptors (Lipinski definition) is 7. The highest BCUT2D eigenvalue weighted by Crippen LogP contribution is 2.43. The van der Waals surface area contributed by atoms with Crippen molar-refractivity contribution in [3.05, 3.63) is 122 Å². The molecule has 0 radical (unpaired) electrons. The third-order valence-corrected chi connectivity index (χ3v) is 15.5. The van der Waals surface area contributed by atoms with Crippen molar-refractivity contribution in [3.63, 3.8) is 0 Å². The largest absolute Gasteiger partial charge is 0.472 e. The average molecular weight is 1190 g/mol. The predicted molar refractivity (Wildman–Crippen MR) is 362 cm³/mol. The monoisotopic (exact) mass is 1190 g/mol. The lowest BCUT2D eigenvalue weighted by atomic mass is 10.0. The summed E-state index contributed by atoms with van der Waals surface area (Å²) in [6.07, 6.45) is 91.6. The summed E-state index contributed by atoms with van der Waals surface area (Å²) in [4.78, 5) is 35.8. The van der Waals surface area contributed by atoms with Crippen LogP contribution in [0.2, 0.25) is 0 Å². The first kappa shape index (κ1) is 80.4. The summed E-state index contributed by atoms with van der Waals surface area (Å²) in [5, 5.41) is 0. The lowest BCUT2D eigenvalue weighted by molar-refractivity contribution is -0.870. The van der Waals surface area contributed by atoms with Gasteiger partial charge in [-0.2, -0.15) is 0 Å². The molecule has 0 aliphatic rings. The van der Waals surface area contributed by atoms with E-state index < -0.39 is 26.5 Å². The topological polar surface area (TPSA) is 108 Å². The number of phosphoric acid groups is 1. The molecular weight excluding hydrogens is 1060 g/mol. The van der Waals surface area contributed by atoms with Crippen LogP contribution in [0, 0.1) is 0 Å². The standard InChI is InChI=1S/C74H128NO8P/c1-6-8-10-12-14-16-18-20-22-24-26-28-30-32-34-36-37-39-41-43-45-47-49-51-53-55-57-59-61-63-65-67-74(77)83-72(71-82-84(78,79)81-69-68-75(3,4)5)70-80-73(76)66-64-62-60-58-56-54-52-50-48-46-44-42-40-38-35-33-31-29-27-25-23-21-19-17-15-13-11-9-7-2/h8,10,14,16,20,22,25-28,32,34,37,39,43,45,49,51,55,57,72H,6-7,9,11-13,15,17-19,21,23-24,29-31,33,35-36,38,40-42,44,46-48,50,52-54,56,58-71H2,1-5H3/p+1/b10-8-,16-14-,22-20-,27-25-,28-26-,34-32-,39-37-,45-43-,51-49-,57-55-. The molecule has 10 heteroatoms. The van der Waals surface area contributed by atoms with Gasteiger partial charge in [0.2, 0.25) is 0 Å². The second-order valence-corrected chi connectivity index (χ2v) is 25.3. The number of esters is 2. The zero-order valence-electron chi connectivity index (χ0n) is 54.9. The summed E-state index contributed by atoms with van der Waals surface area (Å²) < 4.78 is 34.7. The number of nitrogens with zero attached hydrogens (tertiary/aromatic N) is 1. The molecule has 1 N–H and O–H groups in total. The fourth-order valence-corrected chi connectivity index (χ4v) is 9.98. The van der Waals surface area contributed by atoms with Gasteiger partial charge in [-0.05, 0) is 109 Å². The Morgan fingerprint density at radius 2 is 0.679 bits per heavy atom. The Balaban J connectivity index is 4.17. The molecule has 2 atom stereocenters. The minimum Gasteiger partial charge on any atom is -0.462 e. The van der Waals surface area contributed by atoms with Gasteiger partial charge in [0.15, 0.2) is 6.10 Å². The molecule has 0 fully saturated rings. The van der Waals surface area contributed by atoms with Crippen LogP contribution in [-0.2, 0) is 32.7 Å². The van der Waals surface area contributed by atoms with E-state index in [1.807, 2.05) is 21.1 Å². The van der Waals surface area contributed by atoms with E-state index >= 15 is 0 Å². The van der Waals surface area contributed by atoms with Gasteiger partial charge in [0.05, 0.1) is 27.7 Å². The number of unbranched alkanes of at least 4 members (excludes halogenated alkanes) is 28. The van der Waals surface area contributed by atoms with Crippen molar-refractivity contribution in [2.24, 2.45) is 0 Å². The first-order valence-corrected chi connectivity index (χ1v) is 35.8. The number of hydrogen-bond donors (Lipinski definition) is 1. The number of phosphoric ester groups is 1. The van der Waals surface area contributed by atoms with Crippen LogP contribution in [0.3, 0.4) is 0 Å². The van der Waals surface area contributed by atoms with E-state index in [0.29, 0.717) is 17.4 Å². The number of rotatable bonds is 62. The number of likely N-dealkylation sites (N-methyl/N-ethyl adjacent to an activating group) is 1. The van der Waals surface area contributed by atoms with Gasteiger partial charge < -0.3 is 18.9 Å². The maximum atomic E-state index is 12.9. The van der Waals surface area contributed by atoms with Gasteiger partial charge in [0.25, 0.3) is 0 Å². The third-order valence-electron chi connectivity index (χ3n) is 14.5. The van der Waals surface area contributed by atoms with Crippen LogP contribution in [0.5, 0.6) is 0 Å². The Hall–Kier alpha value is -3.59. The van der Waals surface area contributed by atoms with Crippen LogP contribution >= 0.6 is 7.82 Å². The highest BCUT2D eigenvalue weighted by Gasteiger charge is 2.27. The molecule has 0 saturated heterocycles. The Labute approximate surface area is 518 Å². The number of allylic oxidation sites excluding steroid dienone is 20. The molecule has 2 unspecified atom stereocenters. The predicted octanol–water partition coefficient (Wildman–Crippen LogP) is 22.3. The summed E-state index contributed by atoms with van der Waals surface area (Å²) in [5.74, 6) is -0.835. The Morgan fingerprint density at radius 1 is 0.381 bits per heavy atom. The van der Waals surface area contributed by atoms with Crippen molar-refractivity contribution < 1.29 is 42.1 Å². The van der Waals surface area contributed by atoms with E-state index in [1.165, 1.54) is 154 Å². The van der Waals surface area contributed by atoms with Crippen molar-refractivity contribution in [1.29, 1.82) is 0 Å². The highest BCUT2D eigenvalue weighted by atomic mass is 31.2. The first-order valence-electron chi connectivity index (χ1n) is 34.3. The lowest BCUT2D eigenvalue weighted by Gasteiger charge is -2.24. The quantitative estimate of drug-likeness (QED) is 0.0211. The van der Waals surface area contributed by atoms with E-state index in [1.54, 1.807) is 0 Å². The number of carbonyl (C=O) groups is 2. The van der Waals surface area contributed by atoms with Crippen molar-refractivity contribution in [2.75, 3.05) is 47.5 Å². The highest BCUT2D eigenvalue weighted by molar-refractivity contribution is 7.47. The zero-order chi connectivity index (χ0) is 61.2. The van der Waals surface area contributed by atoms with Gasteiger partial charge in [-0.1, -0.05) is 283 Å². The van der Waals surface area contributed by atoms with Gasteiger partial charge in [-0.25, -0.2) is 4.57 Å². The molecule has 0 aliphatic carbocycles. The fraction of sp³-hybridized carbons (Fsp3) is 0.703. The van der Waals surface area contributed by atoms with Gasteiger partial charge in [-0.3, -0.25) is 18.6 Å². The Morgan fingerprint density at radius 3 is 1.04 bits per heavy atom. The molecule has 0 amide bonds. The SMILES string of the molecule is CC/C=C\C/C=C\C/C=C\C/C=C\C/C=C\C/C=C\C/C=C\C/C=C\C/C=C\CCCCCC(=O)OC(COC(=O)CCCCCCCCCCCCCCCCCCC/C=C\CCCCCCCCCC)COP(=O)(O)OCC[N+](C)(C)C. The van der Waals surface area contributed by atoms with E-state index in [0.717, 1.165) is 96.3 Å². The minimum atomic E-state index is -4.41. The minimum absolute atomic E-state index is 0.0194. The van der Waals surface area contributed by atoms with Crippen molar-refractivity contribution in [1.82, 2.24) is 0 Å². The summed E-state index contributed by atoms with van der Waals surface area (Å²) in [7, 11) is 1.44. The van der Waals surface area contributed by atoms with Crippen molar-refractivity contribution in [3.8, 4) is 0 Å². The molecule has 0 aromatic heterocycles. The summed E-state index contributed by atoms with van der Waals surface area (Å²) in [5.41, 5.74) is 0. The van der Waals surface area contributed by atoms with Crippen LogP contribution in [0.25, 0.3) is 0 Å². The van der Waals surface area contributed by atoms with E-state index in [4.69, 9.17) is 18.5 Å². The molecule has 0 rings (SSSR count). The molecule has 0 heterocycles. The van der Waals surface area contributed by atoms with Crippen LogP contribution < -0.4 is 0 Å². The Bertz CT molecular complexity index is 1830. The fourth-order valence-electron chi connectivity index (χ4n) is 9.24. The average Bonchev–Trinajstić information content (AvgIpc) is 3.61. The van der Waals surface area contributed by atoms with Crippen molar-refractivity contribution >= 4 is 19.8 Å². The summed E-state index contributed by atoms with van der Waals surface area (Å²) >= 11 is 0. The Kier molecular flexibility index (Phi) is 61.2. The van der Waals surface area contributed by atoms with Crippen LogP contribution in [-0.4, -0.2) is 74.9 Å². The lowest BCUT2D eigenvalue weighted by Crippen LogP contribution is -2.37. The van der Waals surface area contributed by atoms with E-state index in [9.17, 15) is 19.0 Å². The molecular formula is C74H129NO8P+. The normalized spacial score (nSPS) is 13.9. The molecule has 84 heavy (non-hydrogen) atoms. The second kappa shape index (κ2) is 63.9. The van der Waals surface area contributed by atoms with Gasteiger partial charge in [-0.15, -0.1) is 0 Å². The molecule has 482 valence electrons. The van der Waals surface area contributed by atoms with Gasteiger partial charge in [0.1, 0.15) is 19.8 Å². The molecule has 0 bridgehead atoms. The third kappa shape index (κ3) is 67.5. The van der Waals surface area contributed by atoms with E-state index in [2.05, 4.69) is 135 Å². The molecule has 0 aromatic rings. The van der Waals surface area contributed by atoms with Crippen LogP contribution in [0.15, 0.2) is 122 Å². The second-order valence-electron chi connectivity index (χ2n) is 23.8. The molecule has 0 aliphatic heterocycles. The van der Waals surface area contributed by atoms with E-state index in [-0.39, 0.29) is 32.0 Å². The maximum absolute atomic E-state index is 12.9. The summed E-state index contributed by atoms with van der Waals surface area (Å²) in [6, 6.07) is 0. The van der Waals surface area contributed by atoms with Gasteiger partial charge in [0, 0.05) is 12.8 Å². The van der Waals surface area contributed by atoms with Crippen molar-refractivity contribution in [2.45, 2.75) is 290 Å². The maximum Gasteiger partial charge on any atom is 0.472 e. The number of ether oxygens (including phenoxy) is 2. The number of quaternary nitrogens is 1. The first-order chi connectivity index (χ1) is 41.0. The zero-order valence-corrected chi connectivity index (χ0v) is 55.7. The van der Waals surface area contributed by atoms with Crippen LogP contribution in [0.1, 0.15) is 284 Å². The smallest absolute Gasteiger partial charge is 0.462 e. The molecule has 9 nitrogen and oxygen atoms in total. The van der Waals surface area contributed by atoms with Crippen LogP contribution in [0.4, 0.5) is 0 Å². The van der Waals surface area contributed by atoms with Gasteiger partial charge >= 0.3 is 19.8 Å². The molecule has 0 spiro atoms. The molecule has 0 saturated carbocycles.